The van der Waals surface area contributed by atoms with Gasteiger partial charge in [0.05, 0.1) is 6.20 Å². The lowest BCUT2D eigenvalue weighted by molar-refractivity contribution is 0.774. The number of hydrogen-bond donors (Lipinski definition) is 1. The molecule has 6 heteroatoms. The van der Waals surface area contributed by atoms with Gasteiger partial charge in [0.15, 0.2) is 0 Å². The Bertz CT molecular complexity index is 538. The van der Waals surface area contributed by atoms with E-state index in [1.165, 1.54) is 0 Å². The third-order valence-corrected chi connectivity index (χ3v) is 2.72. The van der Waals surface area contributed by atoms with Crippen molar-refractivity contribution < 1.29 is 0 Å². The van der Waals surface area contributed by atoms with Gasteiger partial charge in [-0.3, -0.25) is 4.68 Å². The van der Waals surface area contributed by atoms with E-state index in [0.29, 0.717) is 5.95 Å². The Labute approximate surface area is 107 Å². The first-order valence-corrected chi connectivity index (χ1v) is 5.75. The highest BCUT2D eigenvalue weighted by atomic mass is 15.3. The monoisotopic (exact) mass is 246 g/mol. The molecule has 0 unspecified atom stereocenters. The summed E-state index contributed by atoms with van der Waals surface area (Å²) in [5.74, 6) is 2.40. The lowest BCUT2D eigenvalue weighted by Crippen LogP contribution is -2.14. The van der Waals surface area contributed by atoms with Crippen molar-refractivity contribution in [1.82, 2.24) is 19.7 Å². The van der Waals surface area contributed by atoms with Crippen LogP contribution in [0.5, 0.6) is 0 Å². The summed E-state index contributed by atoms with van der Waals surface area (Å²) >= 11 is 0. The number of nitrogens with zero attached hydrogens (tertiary/aromatic N) is 5. The first kappa shape index (κ1) is 12.3. The molecular weight excluding hydrogens is 228 g/mol. The van der Waals surface area contributed by atoms with Gasteiger partial charge in [-0.15, -0.1) is 0 Å². The lowest BCUT2D eigenvalue weighted by atomic mass is 10.3. The van der Waals surface area contributed by atoms with Crippen LogP contribution in [0.3, 0.4) is 0 Å². The Hall–Kier alpha value is -2.11. The molecule has 0 aliphatic rings. The molecule has 0 bridgehead atoms. The summed E-state index contributed by atoms with van der Waals surface area (Å²) in [4.78, 5) is 10.8. The summed E-state index contributed by atoms with van der Waals surface area (Å²) in [6.07, 6.45) is 3.62. The van der Waals surface area contributed by atoms with Gasteiger partial charge in [-0.05, 0) is 13.8 Å². The lowest BCUT2D eigenvalue weighted by Gasteiger charge is -2.15. The highest BCUT2D eigenvalue weighted by molar-refractivity contribution is 5.56. The molecule has 0 spiro atoms. The molecule has 0 aliphatic heterocycles. The smallest absolute Gasteiger partial charge is 0.230 e. The van der Waals surface area contributed by atoms with Crippen LogP contribution in [-0.4, -0.2) is 33.8 Å². The molecule has 0 aliphatic carbocycles. The van der Waals surface area contributed by atoms with Crippen LogP contribution in [0.1, 0.15) is 11.1 Å². The number of hydrogen-bond acceptors (Lipinski definition) is 5. The van der Waals surface area contributed by atoms with Crippen LogP contribution in [0.15, 0.2) is 12.4 Å². The molecular formula is C12H18N6. The molecule has 2 aromatic rings. The van der Waals surface area contributed by atoms with Gasteiger partial charge in [0.2, 0.25) is 5.95 Å². The van der Waals surface area contributed by atoms with Crippen LogP contribution in [0.2, 0.25) is 0 Å². The van der Waals surface area contributed by atoms with Crippen molar-refractivity contribution in [2.45, 2.75) is 13.8 Å². The third-order valence-electron chi connectivity index (χ3n) is 2.72. The summed E-state index contributed by atoms with van der Waals surface area (Å²) in [6.45, 7) is 3.99. The Morgan fingerprint density at radius 2 is 1.89 bits per heavy atom. The van der Waals surface area contributed by atoms with E-state index in [9.17, 15) is 0 Å². The summed E-state index contributed by atoms with van der Waals surface area (Å²) in [6, 6.07) is 0. The average molecular weight is 246 g/mol. The number of nitrogens with one attached hydrogen (secondary N) is 1. The van der Waals surface area contributed by atoms with Gasteiger partial charge in [-0.1, -0.05) is 0 Å². The van der Waals surface area contributed by atoms with Gasteiger partial charge in [-0.25, -0.2) is 4.98 Å². The number of aromatic nitrogens is 4. The fourth-order valence-corrected chi connectivity index (χ4v) is 1.78. The molecule has 6 nitrogen and oxygen atoms in total. The van der Waals surface area contributed by atoms with Crippen molar-refractivity contribution in [2.24, 2.45) is 7.05 Å². The molecule has 18 heavy (non-hydrogen) atoms. The molecule has 0 amide bonds. The van der Waals surface area contributed by atoms with Crippen molar-refractivity contribution >= 4 is 17.6 Å². The minimum absolute atomic E-state index is 0.580. The van der Waals surface area contributed by atoms with Crippen molar-refractivity contribution in [3.63, 3.8) is 0 Å². The molecule has 96 valence electrons. The Morgan fingerprint density at radius 1 is 1.17 bits per heavy atom. The van der Waals surface area contributed by atoms with Crippen molar-refractivity contribution in [3.05, 3.63) is 23.5 Å². The summed E-state index contributed by atoms with van der Waals surface area (Å²) in [5, 5.41) is 7.37. The van der Waals surface area contributed by atoms with Gasteiger partial charge in [-0.2, -0.15) is 10.1 Å². The normalized spacial score (nSPS) is 10.5. The van der Waals surface area contributed by atoms with E-state index in [1.54, 1.807) is 4.68 Å². The number of rotatable bonds is 3. The Kier molecular flexibility index (Phi) is 3.18. The maximum atomic E-state index is 4.49. The van der Waals surface area contributed by atoms with E-state index in [2.05, 4.69) is 20.4 Å². The standard InChI is InChI=1S/C12H18N6/c1-8-6-13-12(15-10(8)17(3)4)16-11-9(2)7-14-18(11)5/h6-7H,1-5H3,(H,13,15,16). The van der Waals surface area contributed by atoms with Crippen molar-refractivity contribution in [3.8, 4) is 0 Å². The van der Waals surface area contributed by atoms with Crippen LogP contribution < -0.4 is 10.2 Å². The van der Waals surface area contributed by atoms with Crippen LogP contribution in [0, 0.1) is 13.8 Å². The quantitative estimate of drug-likeness (QED) is 0.892. The van der Waals surface area contributed by atoms with E-state index in [0.717, 1.165) is 22.8 Å². The molecule has 0 atom stereocenters. The van der Waals surface area contributed by atoms with Crippen LogP contribution in [0.4, 0.5) is 17.6 Å². The van der Waals surface area contributed by atoms with Gasteiger partial charge < -0.3 is 10.2 Å². The first-order chi connectivity index (χ1) is 8.49. The fraction of sp³-hybridized carbons (Fsp3) is 0.417. The largest absolute Gasteiger partial charge is 0.362 e. The maximum Gasteiger partial charge on any atom is 0.230 e. The first-order valence-electron chi connectivity index (χ1n) is 5.75. The zero-order valence-corrected chi connectivity index (χ0v) is 11.4. The second kappa shape index (κ2) is 4.64. The molecule has 0 fully saturated rings. The maximum absolute atomic E-state index is 4.49. The highest BCUT2D eigenvalue weighted by Crippen LogP contribution is 2.20. The molecule has 2 rings (SSSR count). The highest BCUT2D eigenvalue weighted by Gasteiger charge is 2.09. The predicted molar refractivity (Wildman–Crippen MR) is 72.3 cm³/mol. The topological polar surface area (TPSA) is 58.9 Å². The third kappa shape index (κ3) is 2.27. The predicted octanol–water partition coefficient (Wildman–Crippen LogP) is 1.64. The minimum Gasteiger partial charge on any atom is -0.362 e. The summed E-state index contributed by atoms with van der Waals surface area (Å²) in [5.41, 5.74) is 2.11. The zero-order chi connectivity index (χ0) is 13.3. The van der Waals surface area contributed by atoms with E-state index in [-0.39, 0.29) is 0 Å². The molecule has 1 N–H and O–H groups in total. The second-order valence-corrected chi connectivity index (χ2v) is 4.52. The summed E-state index contributed by atoms with van der Waals surface area (Å²) in [7, 11) is 5.82. The van der Waals surface area contributed by atoms with Crippen LogP contribution in [0.25, 0.3) is 0 Å². The Balaban J connectivity index is 2.33. The van der Waals surface area contributed by atoms with Gasteiger partial charge in [0.25, 0.3) is 0 Å². The molecule has 0 saturated carbocycles. The second-order valence-electron chi connectivity index (χ2n) is 4.52. The zero-order valence-electron chi connectivity index (χ0n) is 11.4. The molecule has 2 heterocycles. The van der Waals surface area contributed by atoms with Crippen molar-refractivity contribution in [1.29, 1.82) is 0 Å². The fourth-order valence-electron chi connectivity index (χ4n) is 1.78. The Morgan fingerprint density at radius 3 is 2.44 bits per heavy atom. The number of anilines is 3. The minimum atomic E-state index is 0.580. The van der Waals surface area contributed by atoms with E-state index in [4.69, 9.17) is 0 Å². The van der Waals surface area contributed by atoms with Crippen LogP contribution >= 0.6 is 0 Å². The van der Waals surface area contributed by atoms with Crippen LogP contribution in [-0.2, 0) is 7.05 Å². The molecule has 0 aromatic carbocycles. The van der Waals surface area contributed by atoms with E-state index >= 15 is 0 Å². The molecule has 0 radical (unpaired) electrons. The SMILES string of the molecule is Cc1cnc(Nc2c(C)cnn2C)nc1N(C)C. The van der Waals surface area contributed by atoms with Gasteiger partial charge in [0.1, 0.15) is 11.6 Å². The summed E-state index contributed by atoms with van der Waals surface area (Å²) < 4.78 is 1.77. The number of aryl methyl sites for hydroxylation is 3. The van der Waals surface area contributed by atoms with E-state index in [1.807, 2.05) is 52.3 Å². The molecule has 2 aromatic heterocycles. The van der Waals surface area contributed by atoms with E-state index < -0.39 is 0 Å². The van der Waals surface area contributed by atoms with Gasteiger partial charge in [0, 0.05) is 38.5 Å². The molecule has 0 saturated heterocycles. The van der Waals surface area contributed by atoms with Crippen molar-refractivity contribution in [2.75, 3.05) is 24.3 Å². The van der Waals surface area contributed by atoms with Gasteiger partial charge >= 0.3 is 0 Å². The average Bonchev–Trinajstić information content (AvgIpc) is 2.63.